The molecular formula is C30H31NO7. The van der Waals surface area contributed by atoms with Gasteiger partial charge in [-0.2, -0.15) is 0 Å². The molecule has 0 saturated heterocycles. The summed E-state index contributed by atoms with van der Waals surface area (Å²) in [7, 11) is 4.56. The van der Waals surface area contributed by atoms with Crippen molar-refractivity contribution in [2.24, 2.45) is 0 Å². The van der Waals surface area contributed by atoms with Crippen LogP contribution >= 0.6 is 0 Å². The molecule has 38 heavy (non-hydrogen) atoms. The molecule has 2 aliphatic rings. The van der Waals surface area contributed by atoms with Gasteiger partial charge in [0.1, 0.15) is 17.5 Å². The maximum Gasteiger partial charge on any atom is 0.200 e. The molecule has 6 rings (SSSR count). The van der Waals surface area contributed by atoms with Crippen LogP contribution in [0.4, 0.5) is 0 Å². The lowest BCUT2D eigenvalue weighted by Crippen LogP contribution is -2.28. The normalized spacial score (nSPS) is 19.1. The van der Waals surface area contributed by atoms with Crippen molar-refractivity contribution < 1.29 is 33.9 Å². The number of H-pyrrole nitrogens is 1. The Labute approximate surface area is 220 Å². The number of aromatic nitrogens is 1. The lowest BCUT2D eigenvalue weighted by atomic mass is 9.89. The Morgan fingerprint density at radius 2 is 1.58 bits per heavy atom. The standard InChI is InChI=1S/C30H31NO7/c1-14-9-17-18-12-22(36-6)29-23(25(18)31-24(17)16-7-8-30(2,3)38-27(14)16)19(13-32)28(37-29)15-10-20(34-4)26(33)21(11-15)35-5/h7-12,19,28,31-33H,13H2,1-6H3/t19-,28+/m1/s1. The number of benzene rings is 3. The molecule has 2 aliphatic heterocycles. The van der Waals surface area contributed by atoms with Crippen LogP contribution in [0.5, 0.6) is 34.5 Å². The van der Waals surface area contributed by atoms with Crippen molar-refractivity contribution in [3.8, 4) is 34.5 Å². The number of aliphatic hydroxyl groups is 1. The van der Waals surface area contributed by atoms with Crippen molar-refractivity contribution in [1.29, 1.82) is 0 Å². The third-order valence-corrected chi connectivity index (χ3v) is 7.57. The highest BCUT2D eigenvalue weighted by atomic mass is 16.5. The molecule has 3 N–H and O–H groups in total. The van der Waals surface area contributed by atoms with E-state index in [0.717, 1.165) is 44.2 Å². The quantitative estimate of drug-likeness (QED) is 0.310. The van der Waals surface area contributed by atoms with E-state index in [0.29, 0.717) is 17.1 Å². The Kier molecular flexibility index (Phi) is 5.43. The zero-order chi connectivity index (χ0) is 26.9. The molecular weight excluding hydrogens is 486 g/mol. The van der Waals surface area contributed by atoms with Gasteiger partial charge in [-0.1, -0.05) is 0 Å². The zero-order valence-corrected chi connectivity index (χ0v) is 22.3. The van der Waals surface area contributed by atoms with Crippen LogP contribution in [0.3, 0.4) is 0 Å². The first-order chi connectivity index (χ1) is 18.2. The number of aryl methyl sites for hydroxylation is 1. The number of nitrogens with one attached hydrogen (secondary N) is 1. The highest BCUT2D eigenvalue weighted by Crippen LogP contribution is 2.55. The fourth-order valence-electron chi connectivity index (χ4n) is 5.73. The molecule has 2 atom stereocenters. The van der Waals surface area contributed by atoms with E-state index in [1.807, 2.05) is 19.9 Å². The van der Waals surface area contributed by atoms with Gasteiger partial charge in [0.15, 0.2) is 23.0 Å². The topological polar surface area (TPSA) is 102 Å². The molecule has 8 heteroatoms. The van der Waals surface area contributed by atoms with E-state index in [1.54, 1.807) is 19.2 Å². The number of aromatic hydroxyl groups is 1. The van der Waals surface area contributed by atoms with Crippen LogP contribution in [0.25, 0.3) is 27.9 Å². The molecule has 0 saturated carbocycles. The zero-order valence-electron chi connectivity index (χ0n) is 22.3. The summed E-state index contributed by atoms with van der Waals surface area (Å²) in [6, 6.07) is 7.51. The van der Waals surface area contributed by atoms with E-state index in [4.69, 9.17) is 23.7 Å². The fourth-order valence-corrected chi connectivity index (χ4v) is 5.73. The lowest BCUT2D eigenvalue weighted by Gasteiger charge is -2.29. The summed E-state index contributed by atoms with van der Waals surface area (Å²) < 4.78 is 29.3. The van der Waals surface area contributed by atoms with Gasteiger partial charge in [-0.15, -0.1) is 0 Å². The summed E-state index contributed by atoms with van der Waals surface area (Å²) in [5, 5.41) is 23.1. The number of hydrogen-bond donors (Lipinski definition) is 3. The van der Waals surface area contributed by atoms with Crippen molar-refractivity contribution in [2.45, 2.75) is 38.4 Å². The second-order valence-electron chi connectivity index (χ2n) is 10.4. The molecule has 0 amide bonds. The van der Waals surface area contributed by atoms with E-state index in [2.05, 4.69) is 30.1 Å². The number of aliphatic hydroxyl groups excluding tert-OH is 1. The minimum absolute atomic E-state index is 0.0935. The maximum absolute atomic E-state index is 10.7. The molecule has 1 aromatic heterocycles. The maximum atomic E-state index is 10.7. The highest BCUT2D eigenvalue weighted by Gasteiger charge is 2.41. The highest BCUT2D eigenvalue weighted by molar-refractivity contribution is 6.13. The first-order valence-electron chi connectivity index (χ1n) is 12.5. The summed E-state index contributed by atoms with van der Waals surface area (Å²) in [5.41, 5.74) is 5.01. The summed E-state index contributed by atoms with van der Waals surface area (Å²) in [6.45, 7) is 5.96. The van der Waals surface area contributed by atoms with Crippen LogP contribution in [0.1, 0.15) is 48.1 Å². The van der Waals surface area contributed by atoms with Gasteiger partial charge in [0.25, 0.3) is 0 Å². The molecule has 0 aliphatic carbocycles. The SMILES string of the molecule is COc1cc([C@@H]2Oc3c(OC)cc4c([nH]c5c6c(c(C)cc54)OC(C)(C)C=C6)c3[C@H]2CO)cc(OC)c1O. The smallest absolute Gasteiger partial charge is 0.200 e. The molecule has 0 unspecified atom stereocenters. The van der Waals surface area contributed by atoms with Gasteiger partial charge in [0.05, 0.1) is 44.9 Å². The van der Waals surface area contributed by atoms with Gasteiger partial charge in [-0.25, -0.2) is 0 Å². The Balaban J connectivity index is 1.59. The van der Waals surface area contributed by atoms with Crippen LogP contribution in [0, 0.1) is 6.92 Å². The molecule has 4 aromatic rings. The summed E-state index contributed by atoms with van der Waals surface area (Å²) in [5.74, 6) is 2.01. The van der Waals surface area contributed by atoms with Crippen molar-refractivity contribution in [1.82, 2.24) is 4.98 Å². The Bertz CT molecular complexity index is 1610. The van der Waals surface area contributed by atoms with Crippen LogP contribution in [0.15, 0.2) is 30.3 Å². The van der Waals surface area contributed by atoms with E-state index < -0.39 is 17.6 Å². The second kappa shape index (κ2) is 8.49. The van der Waals surface area contributed by atoms with Gasteiger partial charge in [0, 0.05) is 27.5 Å². The molecule has 0 fully saturated rings. The monoisotopic (exact) mass is 517 g/mol. The number of fused-ring (bicyclic) bond motifs is 7. The summed E-state index contributed by atoms with van der Waals surface area (Å²) in [4.78, 5) is 3.64. The van der Waals surface area contributed by atoms with Crippen LogP contribution < -0.4 is 23.7 Å². The van der Waals surface area contributed by atoms with Crippen LogP contribution in [0.2, 0.25) is 0 Å². The second-order valence-corrected chi connectivity index (χ2v) is 10.4. The molecule has 8 nitrogen and oxygen atoms in total. The van der Waals surface area contributed by atoms with Crippen LogP contribution in [-0.2, 0) is 0 Å². The number of ether oxygens (including phenoxy) is 5. The Morgan fingerprint density at radius 3 is 2.21 bits per heavy atom. The number of phenolic OH excluding ortho intramolecular Hbond substituents is 1. The third-order valence-electron chi connectivity index (χ3n) is 7.57. The van der Waals surface area contributed by atoms with Crippen molar-refractivity contribution in [3.63, 3.8) is 0 Å². The van der Waals surface area contributed by atoms with E-state index in [-0.39, 0.29) is 23.9 Å². The minimum atomic E-state index is -0.566. The van der Waals surface area contributed by atoms with Gasteiger partial charge in [-0.3, -0.25) is 0 Å². The number of hydrogen-bond acceptors (Lipinski definition) is 7. The predicted octanol–water partition coefficient (Wildman–Crippen LogP) is 5.75. The number of methoxy groups -OCH3 is 3. The third kappa shape index (κ3) is 3.40. The Morgan fingerprint density at radius 1 is 0.921 bits per heavy atom. The average Bonchev–Trinajstić information content (AvgIpc) is 3.46. The first-order valence-corrected chi connectivity index (χ1v) is 12.5. The predicted molar refractivity (Wildman–Crippen MR) is 145 cm³/mol. The molecule has 3 heterocycles. The average molecular weight is 518 g/mol. The van der Waals surface area contributed by atoms with Gasteiger partial charge < -0.3 is 38.9 Å². The van der Waals surface area contributed by atoms with Gasteiger partial charge in [-0.05, 0) is 62.8 Å². The largest absolute Gasteiger partial charge is 0.502 e. The lowest BCUT2D eigenvalue weighted by molar-refractivity contribution is 0.156. The van der Waals surface area contributed by atoms with E-state index in [1.165, 1.54) is 14.2 Å². The molecule has 3 aromatic carbocycles. The van der Waals surface area contributed by atoms with Crippen LogP contribution in [-0.4, -0.2) is 48.7 Å². The van der Waals surface area contributed by atoms with Gasteiger partial charge >= 0.3 is 0 Å². The molecule has 0 radical (unpaired) electrons. The minimum Gasteiger partial charge on any atom is -0.502 e. The molecule has 198 valence electrons. The molecule has 0 bridgehead atoms. The van der Waals surface area contributed by atoms with Crippen molar-refractivity contribution in [2.75, 3.05) is 27.9 Å². The van der Waals surface area contributed by atoms with Gasteiger partial charge in [0.2, 0.25) is 5.75 Å². The van der Waals surface area contributed by atoms with E-state index >= 15 is 0 Å². The molecule has 0 spiro atoms. The summed E-state index contributed by atoms with van der Waals surface area (Å²) in [6.07, 6.45) is 3.61. The summed E-state index contributed by atoms with van der Waals surface area (Å²) >= 11 is 0. The van der Waals surface area contributed by atoms with Crippen molar-refractivity contribution in [3.05, 3.63) is 52.6 Å². The Hall–Kier alpha value is -4.04. The van der Waals surface area contributed by atoms with Crippen molar-refractivity contribution >= 4 is 27.9 Å². The van der Waals surface area contributed by atoms with E-state index in [9.17, 15) is 10.2 Å². The fraction of sp³-hybridized carbons (Fsp3) is 0.333. The number of phenols is 1. The first kappa shape index (κ1) is 24.3. The number of rotatable bonds is 5. The number of aromatic amines is 1.